The summed E-state index contributed by atoms with van der Waals surface area (Å²) >= 11 is 4.25. The Labute approximate surface area is 214 Å². The van der Waals surface area contributed by atoms with Crippen LogP contribution in [0, 0.1) is 0 Å². The van der Waals surface area contributed by atoms with E-state index in [9.17, 15) is 35.1 Å². The summed E-state index contributed by atoms with van der Waals surface area (Å²) in [4.78, 5) is 2.06. The highest BCUT2D eigenvalue weighted by Gasteiger charge is 2.51. The first-order valence-corrected chi connectivity index (χ1v) is 14.6. The lowest BCUT2D eigenvalue weighted by Gasteiger charge is -2.43. The van der Waals surface area contributed by atoms with E-state index in [1.165, 1.54) is 29.6 Å². The van der Waals surface area contributed by atoms with Crippen molar-refractivity contribution in [3.05, 3.63) is 54.1 Å². The maximum absolute atomic E-state index is 13.3. The number of thiol groups is 1. The Hall–Kier alpha value is -1.84. The number of likely N-dealkylation sites (N-methyl/N-ethyl adjacent to an activating group) is 1. The van der Waals surface area contributed by atoms with Crippen LogP contribution in [0.4, 0.5) is 18.9 Å². The van der Waals surface area contributed by atoms with E-state index in [-0.39, 0.29) is 41.5 Å². The highest BCUT2D eigenvalue weighted by molar-refractivity contribution is 7.90. The molecule has 0 saturated carbocycles. The van der Waals surface area contributed by atoms with Gasteiger partial charge in [-0.15, -0.1) is 12.6 Å². The third-order valence-electron chi connectivity index (χ3n) is 6.28. The maximum Gasteiger partial charge on any atom is 0.421 e. The summed E-state index contributed by atoms with van der Waals surface area (Å²) in [6, 6.07) is 10.7. The molecule has 1 N–H and O–H groups in total. The quantitative estimate of drug-likeness (QED) is 0.499. The zero-order valence-electron chi connectivity index (χ0n) is 19.8. The fourth-order valence-electron chi connectivity index (χ4n) is 3.93. The Bertz CT molecular complexity index is 1300. The second kappa shape index (κ2) is 10.1. The Morgan fingerprint density at radius 3 is 2.17 bits per heavy atom. The number of benzene rings is 2. The smallest absolute Gasteiger partial charge is 0.376 e. The molecule has 1 heterocycles. The van der Waals surface area contributed by atoms with Crippen LogP contribution >= 0.6 is 12.6 Å². The number of hydrogen-bond acceptors (Lipinski definition) is 7. The van der Waals surface area contributed by atoms with E-state index >= 15 is 0 Å². The third kappa shape index (κ3) is 5.83. The summed E-state index contributed by atoms with van der Waals surface area (Å²) in [7, 11) is -6.17. The van der Waals surface area contributed by atoms with Crippen LogP contribution in [-0.2, 0) is 25.6 Å². The summed E-state index contributed by atoms with van der Waals surface area (Å²) in [6.45, 7) is 0.757. The Balaban J connectivity index is 1.94. The molecule has 14 heteroatoms. The summed E-state index contributed by atoms with van der Waals surface area (Å²) in [5.74, 6) is 0. The van der Waals surface area contributed by atoms with Crippen LogP contribution in [0.3, 0.4) is 0 Å². The van der Waals surface area contributed by atoms with Gasteiger partial charge in [-0.1, -0.05) is 24.3 Å². The number of aliphatic hydroxyl groups is 1. The zero-order chi connectivity index (χ0) is 27.1. The van der Waals surface area contributed by atoms with Gasteiger partial charge in [-0.25, -0.2) is 21.1 Å². The molecule has 1 fully saturated rings. The first-order valence-electron chi connectivity index (χ1n) is 10.8. The summed E-state index contributed by atoms with van der Waals surface area (Å²) in [5, 5.41) is 9.95. The number of alkyl halides is 3. The molecule has 1 aliphatic rings. The number of rotatable bonds is 7. The fourth-order valence-corrected chi connectivity index (χ4v) is 6.43. The second-order valence-corrected chi connectivity index (χ2v) is 13.3. The van der Waals surface area contributed by atoms with Crippen LogP contribution in [0.15, 0.2) is 58.3 Å². The molecule has 0 radical (unpaired) electrons. The number of hydrogen-bond donors (Lipinski definition) is 2. The van der Waals surface area contributed by atoms with Crippen molar-refractivity contribution < 1.29 is 35.1 Å². The van der Waals surface area contributed by atoms with Gasteiger partial charge in [-0.05, 0) is 36.8 Å². The average Bonchev–Trinajstić information content (AvgIpc) is 2.78. The van der Waals surface area contributed by atoms with Gasteiger partial charge in [0.1, 0.15) is 0 Å². The van der Waals surface area contributed by atoms with Crippen molar-refractivity contribution in [1.29, 1.82) is 0 Å². The minimum absolute atomic E-state index is 0.0238. The molecular formula is C22H28F3N3O5S3. The van der Waals surface area contributed by atoms with E-state index < -0.39 is 37.9 Å². The van der Waals surface area contributed by atoms with Crippen LogP contribution < -0.4 is 4.90 Å². The van der Waals surface area contributed by atoms with Crippen molar-refractivity contribution in [2.45, 2.75) is 34.5 Å². The molecule has 0 spiro atoms. The summed E-state index contributed by atoms with van der Waals surface area (Å²) in [5.41, 5.74) is -2.93. The lowest BCUT2D eigenvalue weighted by molar-refractivity contribution is -0.258. The Morgan fingerprint density at radius 1 is 1.06 bits per heavy atom. The van der Waals surface area contributed by atoms with E-state index in [0.717, 1.165) is 22.7 Å². The lowest BCUT2D eigenvalue weighted by Crippen LogP contribution is -2.58. The summed E-state index contributed by atoms with van der Waals surface area (Å²) < 4.78 is 92.8. The Kier molecular flexibility index (Phi) is 8.09. The van der Waals surface area contributed by atoms with Gasteiger partial charge in [0.25, 0.3) is 0 Å². The molecule has 200 valence electrons. The molecule has 2 aromatic rings. The van der Waals surface area contributed by atoms with Gasteiger partial charge in [0, 0.05) is 43.8 Å². The molecular weight excluding hydrogens is 539 g/mol. The highest BCUT2D eigenvalue weighted by atomic mass is 32.2. The number of piperazine rings is 1. The third-order valence-corrected chi connectivity index (χ3v) is 10.0. The SMILES string of the molecule is CN(C[C@H]1CN(S(=O)(=O)c2ccccc2S)CCN1c1ccc(C(C)(O)C(F)(F)F)cc1)S(C)(=O)=O. The van der Waals surface area contributed by atoms with Gasteiger partial charge in [0.2, 0.25) is 20.0 Å². The van der Waals surface area contributed by atoms with Crippen molar-refractivity contribution in [2.75, 3.05) is 44.4 Å². The lowest BCUT2D eigenvalue weighted by atomic mass is 9.95. The number of halogens is 3. The van der Waals surface area contributed by atoms with Crippen LogP contribution in [0.5, 0.6) is 0 Å². The molecule has 2 aromatic carbocycles. The first-order chi connectivity index (χ1) is 16.5. The van der Waals surface area contributed by atoms with E-state index in [2.05, 4.69) is 12.6 Å². The second-order valence-electron chi connectivity index (χ2n) is 8.84. The maximum atomic E-state index is 13.3. The van der Waals surface area contributed by atoms with E-state index in [1.54, 1.807) is 23.1 Å². The molecule has 0 aromatic heterocycles. The van der Waals surface area contributed by atoms with Crippen molar-refractivity contribution in [3.63, 3.8) is 0 Å². The van der Waals surface area contributed by atoms with Gasteiger partial charge < -0.3 is 10.0 Å². The molecule has 0 aliphatic carbocycles. The number of anilines is 1. The molecule has 1 aliphatic heterocycles. The van der Waals surface area contributed by atoms with Crippen molar-refractivity contribution >= 4 is 38.4 Å². The standard InChI is InChI=1S/C22H28F3N3O5S3/c1-21(29,22(23,24)25)16-8-10-17(11-9-16)28-13-12-27(15-18(28)14-26(2)35(3,30)31)36(32,33)20-7-5-4-6-19(20)34/h4-11,18,29,34H,12-15H2,1-3H3/t18-,21?/m0/s1. The normalized spacial score (nSPS) is 19.9. The molecule has 2 atom stereocenters. The van der Waals surface area contributed by atoms with Crippen molar-refractivity contribution in [2.24, 2.45) is 0 Å². The predicted octanol–water partition coefficient (Wildman–Crippen LogP) is 2.52. The van der Waals surface area contributed by atoms with Crippen LogP contribution in [-0.4, -0.2) is 82.3 Å². The molecule has 3 rings (SSSR count). The van der Waals surface area contributed by atoms with E-state index in [0.29, 0.717) is 12.6 Å². The van der Waals surface area contributed by atoms with Gasteiger partial charge >= 0.3 is 6.18 Å². The van der Waals surface area contributed by atoms with Crippen molar-refractivity contribution in [1.82, 2.24) is 8.61 Å². The largest absolute Gasteiger partial charge is 0.421 e. The Morgan fingerprint density at radius 2 is 1.64 bits per heavy atom. The molecule has 1 unspecified atom stereocenters. The van der Waals surface area contributed by atoms with Crippen LogP contribution in [0.2, 0.25) is 0 Å². The van der Waals surface area contributed by atoms with Gasteiger partial charge in [0.15, 0.2) is 5.60 Å². The minimum atomic E-state index is -4.88. The van der Waals surface area contributed by atoms with E-state index in [4.69, 9.17) is 0 Å². The van der Waals surface area contributed by atoms with Crippen LogP contribution in [0.1, 0.15) is 12.5 Å². The molecule has 8 nitrogen and oxygen atoms in total. The van der Waals surface area contributed by atoms with E-state index in [1.807, 2.05) is 0 Å². The topological polar surface area (TPSA) is 98.2 Å². The van der Waals surface area contributed by atoms with Gasteiger partial charge in [-0.3, -0.25) is 0 Å². The number of sulfonamides is 2. The zero-order valence-corrected chi connectivity index (χ0v) is 22.4. The summed E-state index contributed by atoms with van der Waals surface area (Å²) in [6.07, 6.45) is -3.85. The molecule has 1 saturated heterocycles. The molecule has 0 bridgehead atoms. The van der Waals surface area contributed by atoms with Crippen molar-refractivity contribution in [3.8, 4) is 0 Å². The van der Waals surface area contributed by atoms with Crippen LogP contribution in [0.25, 0.3) is 0 Å². The minimum Gasteiger partial charge on any atom is -0.376 e. The average molecular weight is 568 g/mol. The van der Waals surface area contributed by atoms with Gasteiger partial charge in [0.05, 0.1) is 17.2 Å². The fraction of sp³-hybridized carbons (Fsp3) is 0.455. The predicted molar refractivity (Wildman–Crippen MR) is 133 cm³/mol. The molecule has 0 amide bonds. The number of nitrogens with zero attached hydrogens (tertiary/aromatic N) is 3. The molecule has 36 heavy (non-hydrogen) atoms. The first kappa shape index (κ1) is 28.7. The highest BCUT2D eigenvalue weighted by Crippen LogP contribution is 2.39. The van der Waals surface area contributed by atoms with Gasteiger partial charge in [-0.2, -0.15) is 17.5 Å². The monoisotopic (exact) mass is 567 g/mol.